The maximum absolute atomic E-state index is 14.2. The molecule has 5 aliphatic carbocycles. The first kappa shape index (κ1) is 25.1. The largest absolute Gasteiger partial charge is 0.360 e. The SMILES string of the molecule is CC1CC2(O)OOC(C)(C)C2=CC2=C1C(=O)[C@@H]1[C@H]3C(=O)C4=C(C=C5C(C)(C)OOC5(O)CC4C)[C@@]3(C)[C@]21C. The predicted octanol–water partition coefficient (Wildman–Crippen LogP) is 3.79. The lowest BCUT2D eigenvalue weighted by Gasteiger charge is -2.62. The van der Waals surface area contributed by atoms with Crippen molar-refractivity contribution in [3.05, 3.63) is 45.6 Å². The third-order valence-electron chi connectivity index (χ3n) is 11.1. The number of fused-ring (bicyclic) bond motifs is 8. The monoisotopic (exact) mass is 524 g/mol. The summed E-state index contributed by atoms with van der Waals surface area (Å²) in [6.07, 6.45) is 4.22. The van der Waals surface area contributed by atoms with Crippen molar-refractivity contribution in [2.45, 2.75) is 91.0 Å². The van der Waals surface area contributed by atoms with E-state index in [1.54, 1.807) is 0 Å². The number of rotatable bonds is 0. The van der Waals surface area contributed by atoms with Crippen LogP contribution in [0.4, 0.5) is 0 Å². The molecule has 38 heavy (non-hydrogen) atoms. The smallest absolute Gasteiger partial charge is 0.225 e. The Morgan fingerprint density at radius 2 is 1.00 bits per heavy atom. The molecule has 0 aromatic rings. The van der Waals surface area contributed by atoms with E-state index < -0.39 is 45.4 Å². The molecule has 8 atom stereocenters. The quantitative estimate of drug-likeness (QED) is 0.461. The van der Waals surface area contributed by atoms with Crippen LogP contribution in [0.5, 0.6) is 0 Å². The Bertz CT molecular complexity index is 1270. The van der Waals surface area contributed by atoms with Gasteiger partial charge in [-0.1, -0.05) is 39.8 Å². The maximum Gasteiger partial charge on any atom is 0.225 e. The fraction of sp³-hybridized carbons (Fsp3) is 0.667. The molecule has 2 saturated heterocycles. The minimum atomic E-state index is -1.63. The van der Waals surface area contributed by atoms with Crippen LogP contribution < -0.4 is 0 Å². The second kappa shape index (κ2) is 6.67. The minimum absolute atomic E-state index is 0.00712. The van der Waals surface area contributed by atoms with Crippen LogP contribution >= 0.6 is 0 Å². The summed E-state index contributed by atoms with van der Waals surface area (Å²) < 4.78 is 0. The molecule has 0 spiro atoms. The fourth-order valence-electron chi connectivity index (χ4n) is 9.22. The third-order valence-corrected chi connectivity index (χ3v) is 11.1. The molecule has 0 bridgehead atoms. The number of ketones is 2. The molecule has 0 amide bonds. The van der Waals surface area contributed by atoms with Crippen LogP contribution in [0, 0.1) is 34.5 Å². The van der Waals surface area contributed by atoms with Crippen LogP contribution in [-0.2, 0) is 29.1 Å². The molecular weight excluding hydrogens is 488 g/mol. The second-order valence-electron chi connectivity index (χ2n) is 14.0. The van der Waals surface area contributed by atoms with Crippen LogP contribution in [0.25, 0.3) is 0 Å². The van der Waals surface area contributed by atoms with Crippen molar-refractivity contribution in [1.29, 1.82) is 0 Å². The van der Waals surface area contributed by atoms with Gasteiger partial charge in [0.1, 0.15) is 11.2 Å². The highest BCUT2D eigenvalue weighted by Crippen LogP contribution is 2.79. The van der Waals surface area contributed by atoms with Crippen molar-refractivity contribution in [2.24, 2.45) is 34.5 Å². The van der Waals surface area contributed by atoms with Gasteiger partial charge in [-0.25, -0.2) is 9.78 Å². The molecule has 2 aliphatic heterocycles. The average molecular weight is 525 g/mol. The number of carbonyl (C=O) groups excluding carboxylic acids is 2. The summed E-state index contributed by atoms with van der Waals surface area (Å²) >= 11 is 0. The van der Waals surface area contributed by atoms with Gasteiger partial charge >= 0.3 is 0 Å². The average Bonchev–Trinajstić information content (AvgIpc) is 3.23. The standard InChI is InChI=1S/C30H36O8/c1-13-11-29(33)17(25(3,4)35-37-29)9-15-19(13)23(31)21-22-24(32)20-14(2)12-30(34)18(26(5,6)36-38-30)10-16(20)28(22,8)27(15,21)7/h9-10,13-14,21-22,33-34H,11-12H2,1-8H3/t13?,14?,21-,22-,27+,28+,29?,30?/m0/s1. The van der Waals surface area contributed by atoms with Crippen molar-refractivity contribution in [2.75, 3.05) is 0 Å². The molecule has 2 N–H and O–H groups in total. The Morgan fingerprint density at radius 3 is 1.34 bits per heavy atom. The van der Waals surface area contributed by atoms with E-state index in [0.29, 0.717) is 22.3 Å². The highest BCUT2D eigenvalue weighted by Gasteiger charge is 2.80. The lowest BCUT2D eigenvalue weighted by atomic mass is 9.38. The molecule has 0 radical (unpaired) electrons. The van der Waals surface area contributed by atoms with Gasteiger partial charge in [0, 0.05) is 57.8 Å². The van der Waals surface area contributed by atoms with Crippen molar-refractivity contribution >= 4 is 11.6 Å². The summed E-state index contributed by atoms with van der Waals surface area (Å²) in [7, 11) is 0. The normalized spacial score (nSPS) is 49.7. The number of hydrogen-bond donors (Lipinski definition) is 2. The molecular formula is C30H36O8. The van der Waals surface area contributed by atoms with Crippen LogP contribution in [0.2, 0.25) is 0 Å². The molecule has 4 unspecified atom stereocenters. The first-order chi connectivity index (χ1) is 17.4. The van der Waals surface area contributed by atoms with Crippen LogP contribution in [0.3, 0.4) is 0 Å². The van der Waals surface area contributed by atoms with Gasteiger partial charge in [-0.3, -0.25) is 9.59 Å². The second-order valence-corrected chi connectivity index (χ2v) is 14.0. The Kier molecular flexibility index (Phi) is 4.40. The van der Waals surface area contributed by atoms with E-state index in [9.17, 15) is 19.8 Å². The zero-order chi connectivity index (χ0) is 27.6. The summed E-state index contributed by atoms with van der Waals surface area (Å²) in [5.41, 5.74) is 1.07. The summed E-state index contributed by atoms with van der Waals surface area (Å²) in [6.45, 7) is 15.4. The summed E-state index contributed by atoms with van der Waals surface area (Å²) in [6, 6.07) is 0. The molecule has 204 valence electrons. The van der Waals surface area contributed by atoms with E-state index in [0.717, 1.165) is 11.1 Å². The lowest BCUT2D eigenvalue weighted by Crippen LogP contribution is -2.64. The minimum Gasteiger partial charge on any atom is -0.360 e. The summed E-state index contributed by atoms with van der Waals surface area (Å²) in [4.78, 5) is 50.4. The zero-order valence-electron chi connectivity index (χ0n) is 23.2. The third kappa shape index (κ3) is 2.46. The molecule has 7 aliphatic rings. The molecule has 0 aromatic heterocycles. The van der Waals surface area contributed by atoms with Crippen LogP contribution in [0.1, 0.15) is 68.2 Å². The molecule has 1 saturated carbocycles. The molecule has 8 heteroatoms. The van der Waals surface area contributed by atoms with Crippen molar-refractivity contribution in [3.63, 3.8) is 0 Å². The summed E-state index contributed by atoms with van der Waals surface area (Å²) in [5, 5.41) is 22.9. The fourth-order valence-corrected chi connectivity index (χ4v) is 9.22. The van der Waals surface area contributed by atoms with Gasteiger partial charge in [0.05, 0.1) is 0 Å². The van der Waals surface area contributed by atoms with Gasteiger partial charge < -0.3 is 10.2 Å². The first-order valence-electron chi connectivity index (χ1n) is 13.7. The number of allylic oxidation sites excluding steroid dienone is 6. The van der Waals surface area contributed by atoms with Crippen molar-refractivity contribution in [1.82, 2.24) is 0 Å². The van der Waals surface area contributed by atoms with Gasteiger partial charge in [0.25, 0.3) is 0 Å². The highest BCUT2D eigenvalue weighted by atomic mass is 17.2. The Morgan fingerprint density at radius 1 is 0.658 bits per heavy atom. The predicted molar refractivity (Wildman–Crippen MR) is 133 cm³/mol. The zero-order valence-corrected chi connectivity index (χ0v) is 23.2. The van der Waals surface area contributed by atoms with E-state index in [1.807, 2.05) is 53.7 Å². The van der Waals surface area contributed by atoms with Gasteiger partial charge in [0.2, 0.25) is 11.6 Å². The number of aliphatic hydroxyl groups is 2. The number of carbonyl (C=O) groups is 2. The summed E-state index contributed by atoms with van der Waals surface area (Å²) in [5.74, 6) is -4.83. The van der Waals surface area contributed by atoms with Gasteiger partial charge in [-0.15, -0.1) is 0 Å². The highest BCUT2D eigenvalue weighted by molar-refractivity contribution is 6.14. The van der Waals surface area contributed by atoms with E-state index in [1.165, 1.54) is 0 Å². The molecule has 0 aromatic carbocycles. The number of Topliss-reactive ketones (excluding diaryl/α,β-unsaturated/α-hetero) is 2. The van der Waals surface area contributed by atoms with Gasteiger partial charge in [-0.05, 0) is 50.7 Å². The van der Waals surface area contributed by atoms with Gasteiger partial charge in [-0.2, -0.15) is 9.78 Å². The molecule has 8 nitrogen and oxygen atoms in total. The van der Waals surface area contributed by atoms with Gasteiger partial charge in [0.15, 0.2) is 11.6 Å². The maximum atomic E-state index is 14.2. The Labute approximate surface area is 222 Å². The van der Waals surface area contributed by atoms with Crippen LogP contribution in [-0.4, -0.2) is 44.6 Å². The van der Waals surface area contributed by atoms with Crippen LogP contribution in [0.15, 0.2) is 45.6 Å². The molecule has 3 fully saturated rings. The van der Waals surface area contributed by atoms with Crippen molar-refractivity contribution < 1.29 is 39.4 Å². The first-order valence-corrected chi connectivity index (χ1v) is 13.7. The van der Waals surface area contributed by atoms with E-state index in [4.69, 9.17) is 19.6 Å². The van der Waals surface area contributed by atoms with E-state index >= 15 is 0 Å². The van der Waals surface area contributed by atoms with Crippen molar-refractivity contribution in [3.8, 4) is 0 Å². The number of hydrogen-bond acceptors (Lipinski definition) is 8. The van der Waals surface area contributed by atoms with E-state index in [2.05, 4.69) is 13.8 Å². The lowest BCUT2D eigenvalue weighted by molar-refractivity contribution is -0.390. The topological polar surface area (TPSA) is 112 Å². The Balaban J connectivity index is 1.47. The molecule has 7 rings (SSSR count). The Hall–Kier alpha value is -1.94. The molecule has 2 heterocycles. The van der Waals surface area contributed by atoms with E-state index in [-0.39, 0.29) is 36.2 Å².